The van der Waals surface area contributed by atoms with Crippen LogP contribution in [-0.4, -0.2) is 81.6 Å². The molecule has 0 spiro atoms. The van der Waals surface area contributed by atoms with E-state index in [2.05, 4.69) is 6.92 Å². The van der Waals surface area contributed by atoms with Crippen LogP contribution >= 0.6 is 0 Å². The van der Waals surface area contributed by atoms with Crippen molar-refractivity contribution in [2.75, 3.05) is 13.2 Å². The highest BCUT2D eigenvalue weighted by molar-refractivity contribution is 4.94. The van der Waals surface area contributed by atoms with Crippen LogP contribution in [0.2, 0.25) is 0 Å². The number of nitrogens with two attached hydrogens (primary N) is 1. The molecule has 2 unspecified atom stereocenters. The molecule has 34 heavy (non-hydrogen) atoms. The van der Waals surface area contributed by atoms with E-state index in [1.54, 1.807) is 6.08 Å². The van der Waals surface area contributed by atoms with E-state index in [4.69, 9.17) is 15.2 Å². The minimum absolute atomic E-state index is 0.118. The molecule has 7 N–H and O–H groups in total. The van der Waals surface area contributed by atoms with Gasteiger partial charge in [-0.25, -0.2) is 0 Å². The molecule has 8 nitrogen and oxygen atoms in total. The van der Waals surface area contributed by atoms with Crippen molar-refractivity contribution in [3.63, 3.8) is 0 Å². The molecule has 202 valence electrons. The molecule has 0 radical (unpaired) electrons. The second kappa shape index (κ2) is 19.6. The lowest BCUT2D eigenvalue weighted by molar-refractivity contribution is -0.302. The van der Waals surface area contributed by atoms with Crippen LogP contribution < -0.4 is 5.73 Å². The monoisotopic (exact) mass is 489 g/mol. The number of hydrogen-bond donors (Lipinski definition) is 6. The molecular formula is C26H51NO7. The standard InChI is InChI=1S/C26H51NO7/c1-2-3-4-5-6-7-8-9-10-11-12-13-14-15-16-17-21(29)20(27)19-33-26-25(32)24(31)23(30)22(18-28)34-26/h16-17,20-26,28-32H,2-15,18-19,27H2,1H3/b17-16+/t20-,21+,22+,23+,24?,25?,26+/m0/s1. The number of hydrogen-bond acceptors (Lipinski definition) is 8. The summed E-state index contributed by atoms with van der Waals surface area (Å²) < 4.78 is 10.6. The zero-order valence-corrected chi connectivity index (χ0v) is 21.1. The lowest BCUT2D eigenvalue weighted by Crippen LogP contribution is -2.59. The van der Waals surface area contributed by atoms with Gasteiger partial charge in [0.2, 0.25) is 0 Å². The summed E-state index contributed by atoms with van der Waals surface area (Å²) in [6.45, 7) is 1.61. The molecular weight excluding hydrogens is 438 g/mol. The van der Waals surface area contributed by atoms with Crippen LogP contribution in [0.15, 0.2) is 12.2 Å². The van der Waals surface area contributed by atoms with E-state index in [9.17, 15) is 25.5 Å². The molecule has 0 saturated carbocycles. The summed E-state index contributed by atoms with van der Waals surface area (Å²) in [5, 5.41) is 48.9. The molecule has 8 heteroatoms. The predicted molar refractivity (Wildman–Crippen MR) is 133 cm³/mol. The molecule has 1 saturated heterocycles. The smallest absolute Gasteiger partial charge is 0.186 e. The van der Waals surface area contributed by atoms with Crippen molar-refractivity contribution in [3.05, 3.63) is 12.2 Å². The zero-order valence-electron chi connectivity index (χ0n) is 21.1. The van der Waals surface area contributed by atoms with E-state index in [1.165, 1.54) is 77.0 Å². The SMILES string of the molecule is CCCCCCCCCCCCCCC/C=C/[C@@H](O)[C@@H](N)CO[C@@H]1O[C@H](CO)[C@@H](O)C(O)C1O. The fourth-order valence-electron chi connectivity index (χ4n) is 4.17. The van der Waals surface area contributed by atoms with Crippen molar-refractivity contribution < 1.29 is 35.0 Å². The van der Waals surface area contributed by atoms with E-state index in [0.29, 0.717) is 0 Å². The van der Waals surface area contributed by atoms with Crippen molar-refractivity contribution >= 4 is 0 Å². The molecule has 0 aromatic heterocycles. The average Bonchev–Trinajstić information content (AvgIpc) is 2.84. The Bertz CT molecular complexity index is 506. The summed E-state index contributed by atoms with van der Waals surface area (Å²) in [4.78, 5) is 0. The average molecular weight is 490 g/mol. The number of aliphatic hydroxyl groups is 5. The lowest BCUT2D eigenvalue weighted by Gasteiger charge is -2.39. The Labute approximate surface area is 206 Å². The molecule has 1 aliphatic rings. The van der Waals surface area contributed by atoms with Gasteiger partial charge in [0, 0.05) is 0 Å². The first-order valence-electron chi connectivity index (χ1n) is 13.4. The van der Waals surface area contributed by atoms with Gasteiger partial charge < -0.3 is 40.7 Å². The van der Waals surface area contributed by atoms with Crippen LogP contribution in [-0.2, 0) is 9.47 Å². The molecule has 1 rings (SSSR count). The quantitative estimate of drug-likeness (QED) is 0.113. The van der Waals surface area contributed by atoms with Crippen molar-refractivity contribution in [2.45, 2.75) is 140 Å². The van der Waals surface area contributed by atoms with Crippen LogP contribution in [0.1, 0.15) is 96.8 Å². The van der Waals surface area contributed by atoms with Crippen molar-refractivity contribution in [3.8, 4) is 0 Å². The van der Waals surface area contributed by atoms with E-state index in [0.717, 1.165) is 12.8 Å². The van der Waals surface area contributed by atoms with Gasteiger partial charge in [-0.05, 0) is 12.8 Å². The molecule has 1 heterocycles. The van der Waals surface area contributed by atoms with Gasteiger partial charge in [0.1, 0.15) is 24.4 Å². The maximum Gasteiger partial charge on any atom is 0.186 e. The Kier molecular flexibility index (Phi) is 18.1. The van der Waals surface area contributed by atoms with Crippen LogP contribution in [0.4, 0.5) is 0 Å². The zero-order chi connectivity index (χ0) is 25.2. The third-order valence-corrected chi connectivity index (χ3v) is 6.55. The first kappa shape index (κ1) is 31.4. The number of unbranched alkanes of at least 4 members (excludes halogenated alkanes) is 13. The minimum atomic E-state index is -1.50. The fraction of sp³-hybridized carbons (Fsp3) is 0.923. The van der Waals surface area contributed by atoms with Gasteiger partial charge in [-0.1, -0.05) is 96.1 Å². The van der Waals surface area contributed by atoms with E-state index in [1.807, 2.05) is 6.08 Å². The fourth-order valence-corrected chi connectivity index (χ4v) is 4.17. The Morgan fingerprint density at radius 2 is 1.35 bits per heavy atom. The van der Waals surface area contributed by atoms with Gasteiger partial charge >= 0.3 is 0 Å². The van der Waals surface area contributed by atoms with Gasteiger partial charge in [0.05, 0.1) is 25.4 Å². The van der Waals surface area contributed by atoms with Gasteiger partial charge in [-0.15, -0.1) is 0 Å². The molecule has 0 amide bonds. The largest absolute Gasteiger partial charge is 0.394 e. The van der Waals surface area contributed by atoms with Crippen LogP contribution in [0, 0.1) is 0 Å². The summed E-state index contributed by atoms with van der Waals surface area (Å²) >= 11 is 0. The first-order valence-corrected chi connectivity index (χ1v) is 13.4. The summed E-state index contributed by atoms with van der Waals surface area (Å²) in [6.07, 6.45) is 14.0. The Hall–Kier alpha value is -0.580. The van der Waals surface area contributed by atoms with E-state index in [-0.39, 0.29) is 6.61 Å². The maximum absolute atomic E-state index is 10.2. The normalized spacial score (nSPS) is 27.3. The Morgan fingerprint density at radius 1 is 0.824 bits per heavy atom. The molecule has 0 aliphatic carbocycles. The Balaban J connectivity index is 2.04. The van der Waals surface area contributed by atoms with Gasteiger partial charge in [0.15, 0.2) is 6.29 Å². The summed E-state index contributed by atoms with van der Waals surface area (Å²) in [7, 11) is 0. The van der Waals surface area contributed by atoms with Crippen LogP contribution in [0.5, 0.6) is 0 Å². The van der Waals surface area contributed by atoms with E-state index >= 15 is 0 Å². The second-order valence-corrected chi connectivity index (χ2v) is 9.64. The third kappa shape index (κ3) is 12.9. The van der Waals surface area contributed by atoms with E-state index < -0.39 is 49.5 Å². The number of aliphatic hydroxyl groups excluding tert-OH is 5. The molecule has 0 aromatic rings. The minimum Gasteiger partial charge on any atom is -0.394 e. The maximum atomic E-state index is 10.2. The number of allylic oxidation sites excluding steroid dienone is 1. The second-order valence-electron chi connectivity index (χ2n) is 9.64. The summed E-state index contributed by atoms with van der Waals surface area (Å²) in [5.41, 5.74) is 5.94. The van der Waals surface area contributed by atoms with Crippen molar-refractivity contribution in [2.24, 2.45) is 5.73 Å². The number of ether oxygens (including phenoxy) is 2. The predicted octanol–water partition coefficient (Wildman–Crippen LogP) is 2.53. The van der Waals surface area contributed by atoms with Crippen LogP contribution in [0.25, 0.3) is 0 Å². The van der Waals surface area contributed by atoms with Crippen molar-refractivity contribution in [1.29, 1.82) is 0 Å². The number of rotatable bonds is 20. The van der Waals surface area contributed by atoms with Gasteiger partial charge in [-0.3, -0.25) is 0 Å². The molecule has 0 bridgehead atoms. The topological polar surface area (TPSA) is 146 Å². The Morgan fingerprint density at radius 3 is 1.88 bits per heavy atom. The van der Waals surface area contributed by atoms with Gasteiger partial charge in [0.25, 0.3) is 0 Å². The molecule has 7 atom stereocenters. The molecule has 1 fully saturated rings. The third-order valence-electron chi connectivity index (χ3n) is 6.55. The molecule has 0 aromatic carbocycles. The van der Waals surface area contributed by atoms with Gasteiger partial charge in [-0.2, -0.15) is 0 Å². The lowest BCUT2D eigenvalue weighted by atomic mass is 9.99. The molecule has 1 aliphatic heterocycles. The van der Waals surface area contributed by atoms with Crippen LogP contribution in [0.3, 0.4) is 0 Å². The summed E-state index contributed by atoms with van der Waals surface area (Å²) in [6, 6.07) is -0.740. The highest BCUT2D eigenvalue weighted by Crippen LogP contribution is 2.22. The summed E-state index contributed by atoms with van der Waals surface area (Å²) in [5.74, 6) is 0. The highest BCUT2D eigenvalue weighted by Gasteiger charge is 2.44. The first-order chi connectivity index (χ1) is 16.4. The highest BCUT2D eigenvalue weighted by atomic mass is 16.7. The van der Waals surface area contributed by atoms with Crippen molar-refractivity contribution in [1.82, 2.24) is 0 Å².